The normalized spacial score (nSPS) is 15.0. The molecule has 1 fully saturated rings. The van der Waals surface area contributed by atoms with Crippen LogP contribution < -0.4 is 5.32 Å². The summed E-state index contributed by atoms with van der Waals surface area (Å²) in [5.74, 6) is -6.65. The van der Waals surface area contributed by atoms with Gasteiger partial charge in [0.15, 0.2) is 23.3 Å². The summed E-state index contributed by atoms with van der Waals surface area (Å²) in [4.78, 5) is 7.82. The largest absolute Gasteiger partial charge is 0.367 e. The van der Waals surface area contributed by atoms with E-state index in [9.17, 15) is 17.6 Å². The van der Waals surface area contributed by atoms with E-state index in [1.807, 2.05) is 0 Å². The molecule has 0 unspecified atom stereocenters. The van der Waals surface area contributed by atoms with Crippen molar-refractivity contribution in [1.82, 2.24) is 19.6 Å². The van der Waals surface area contributed by atoms with Gasteiger partial charge in [0.2, 0.25) is 0 Å². The molecule has 27 heavy (non-hydrogen) atoms. The Kier molecular flexibility index (Phi) is 4.59. The highest BCUT2D eigenvalue weighted by atomic mass is 35.5. The van der Waals surface area contributed by atoms with Gasteiger partial charge in [0.1, 0.15) is 22.3 Å². The molecule has 2 aromatic heterocycles. The minimum atomic E-state index is -1.72. The van der Waals surface area contributed by atoms with Gasteiger partial charge < -0.3 is 5.32 Å². The van der Waals surface area contributed by atoms with Crippen molar-refractivity contribution in [3.05, 3.63) is 39.8 Å². The summed E-state index contributed by atoms with van der Waals surface area (Å²) in [6.07, 6.45) is 4.74. The molecule has 0 spiro atoms. The molecule has 0 atom stereocenters. The maximum absolute atomic E-state index is 14.6. The number of nitrogens with one attached hydrogen (secondary N) is 1. The molecule has 11 heteroatoms. The lowest BCUT2D eigenvalue weighted by molar-refractivity contribution is 0.459. The van der Waals surface area contributed by atoms with Crippen LogP contribution in [0.4, 0.5) is 23.4 Å². The van der Waals surface area contributed by atoms with Crippen LogP contribution in [0, 0.1) is 23.3 Å². The molecule has 3 aromatic rings. The van der Waals surface area contributed by atoms with Gasteiger partial charge in [0, 0.05) is 6.04 Å². The summed E-state index contributed by atoms with van der Waals surface area (Å²) in [5.41, 5.74) is -1.36. The van der Waals surface area contributed by atoms with Crippen LogP contribution in [0.1, 0.15) is 25.7 Å². The van der Waals surface area contributed by atoms with Crippen molar-refractivity contribution < 1.29 is 17.6 Å². The fraction of sp³-hybridized carbons (Fsp3) is 0.312. The van der Waals surface area contributed by atoms with Gasteiger partial charge in [-0.25, -0.2) is 17.6 Å². The Morgan fingerprint density at radius 3 is 2.22 bits per heavy atom. The Labute approximate surface area is 160 Å². The van der Waals surface area contributed by atoms with E-state index in [0.717, 1.165) is 25.7 Å². The Bertz CT molecular complexity index is 1020. The van der Waals surface area contributed by atoms with Crippen LogP contribution >= 0.6 is 23.2 Å². The molecule has 1 saturated carbocycles. The van der Waals surface area contributed by atoms with E-state index in [1.165, 1.54) is 10.8 Å². The number of rotatable bonds is 3. The molecule has 0 bridgehead atoms. The van der Waals surface area contributed by atoms with E-state index < -0.39 is 33.9 Å². The number of halogens is 6. The number of hydrogen-bond donors (Lipinski definition) is 1. The summed E-state index contributed by atoms with van der Waals surface area (Å²) < 4.78 is 58.3. The van der Waals surface area contributed by atoms with Crippen molar-refractivity contribution in [3.63, 3.8) is 0 Å². The van der Waals surface area contributed by atoms with Gasteiger partial charge in [-0.05, 0) is 12.8 Å². The van der Waals surface area contributed by atoms with Crippen molar-refractivity contribution in [3.8, 4) is 11.1 Å². The van der Waals surface area contributed by atoms with E-state index in [4.69, 9.17) is 23.2 Å². The Morgan fingerprint density at radius 2 is 1.59 bits per heavy atom. The third-order valence-corrected chi connectivity index (χ3v) is 5.14. The smallest absolute Gasteiger partial charge is 0.255 e. The van der Waals surface area contributed by atoms with Gasteiger partial charge in [-0.1, -0.05) is 36.0 Å². The van der Waals surface area contributed by atoms with Crippen LogP contribution in [0.15, 0.2) is 6.33 Å². The quantitative estimate of drug-likeness (QED) is 0.280. The van der Waals surface area contributed by atoms with Crippen LogP contribution in [-0.4, -0.2) is 25.6 Å². The van der Waals surface area contributed by atoms with Crippen LogP contribution in [0.3, 0.4) is 0 Å². The van der Waals surface area contributed by atoms with Crippen LogP contribution in [0.25, 0.3) is 16.9 Å². The zero-order valence-corrected chi connectivity index (χ0v) is 15.1. The maximum atomic E-state index is 14.6. The lowest BCUT2D eigenvalue weighted by atomic mass is 10.0. The van der Waals surface area contributed by atoms with Gasteiger partial charge in [-0.3, -0.25) is 0 Å². The van der Waals surface area contributed by atoms with Gasteiger partial charge in [-0.2, -0.15) is 19.6 Å². The number of nitrogens with zero attached hydrogens (tertiary/aromatic N) is 4. The van der Waals surface area contributed by atoms with E-state index in [1.54, 1.807) is 0 Å². The molecule has 1 aliphatic rings. The SMILES string of the molecule is Fc1c(F)c(-c2c(Cl)nc3ncnn3c2NC2CCCC2)c(F)c(F)c1Cl. The van der Waals surface area contributed by atoms with E-state index in [0.29, 0.717) is 0 Å². The van der Waals surface area contributed by atoms with Crippen LogP contribution in [0.2, 0.25) is 10.2 Å². The first-order chi connectivity index (χ1) is 12.9. The van der Waals surface area contributed by atoms with Crippen molar-refractivity contribution in [1.29, 1.82) is 0 Å². The second-order valence-electron chi connectivity index (χ2n) is 6.17. The lowest BCUT2D eigenvalue weighted by Gasteiger charge is -2.19. The average Bonchev–Trinajstić information content (AvgIpc) is 3.32. The zero-order chi connectivity index (χ0) is 19.3. The molecule has 2 heterocycles. The Hall–Kier alpha value is -2.13. The monoisotopic (exact) mass is 419 g/mol. The predicted molar refractivity (Wildman–Crippen MR) is 91.9 cm³/mol. The third kappa shape index (κ3) is 2.89. The first-order valence-electron chi connectivity index (χ1n) is 8.07. The first-order valence-corrected chi connectivity index (χ1v) is 8.83. The van der Waals surface area contributed by atoms with Crippen molar-refractivity contribution in [2.45, 2.75) is 31.7 Å². The van der Waals surface area contributed by atoms with Gasteiger partial charge in [-0.15, -0.1) is 0 Å². The second kappa shape index (κ2) is 6.79. The fourth-order valence-corrected chi connectivity index (χ4v) is 3.68. The molecule has 1 aliphatic carbocycles. The summed E-state index contributed by atoms with van der Waals surface area (Å²) in [6, 6.07) is -0.0252. The Morgan fingerprint density at radius 1 is 0.963 bits per heavy atom. The molecule has 0 amide bonds. The van der Waals surface area contributed by atoms with E-state index >= 15 is 0 Å². The highest BCUT2D eigenvalue weighted by Gasteiger charge is 2.31. The summed E-state index contributed by atoms with van der Waals surface area (Å²) in [6.45, 7) is 0. The third-order valence-electron chi connectivity index (χ3n) is 4.54. The highest BCUT2D eigenvalue weighted by Crippen LogP contribution is 2.41. The number of hydrogen-bond acceptors (Lipinski definition) is 4. The summed E-state index contributed by atoms with van der Waals surface area (Å²) in [5, 5.41) is 5.43. The molecule has 5 nitrogen and oxygen atoms in total. The van der Waals surface area contributed by atoms with Gasteiger partial charge in [0.05, 0.1) is 11.1 Å². The molecule has 0 aliphatic heterocycles. The van der Waals surface area contributed by atoms with Gasteiger partial charge >= 0.3 is 0 Å². The van der Waals surface area contributed by atoms with Crippen LogP contribution in [0.5, 0.6) is 0 Å². The van der Waals surface area contributed by atoms with Crippen molar-refractivity contribution >= 4 is 34.8 Å². The van der Waals surface area contributed by atoms with Gasteiger partial charge in [0.25, 0.3) is 5.78 Å². The molecule has 1 aromatic carbocycles. The van der Waals surface area contributed by atoms with E-state index in [2.05, 4.69) is 20.4 Å². The zero-order valence-electron chi connectivity index (χ0n) is 13.5. The van der Waals surface area contributed by atoms with E-state index in [-0.39, 0.29) is 28.4 Å². The van der Waals surface area contributed by atoms with Crippen molar-refractivity contribution in [2.24, 2.45) is 0 Å². The average molecular weight is 420 g/mol. The molecule has 0 radical (unpaired) electrons. The fourth-order valence-electron chi connectivity index (χ4n) is 3.26. The molecule has 142 valence electrons. The number of aromatic nitrogens is 4. The summed E-state index contributed by atoms with van der Waals surface area (Å²) >= 11 is 11.5. The minimum Gasteiger partial charge on any atom is -0.367 e. The maximum Gasteiger partial charge on any atom is 0.255 e. The summed E-state index contributed by atoms with van der Waals surface area (Å²) in [7, 11) is 0. The molecular formula is C16H11Cl2F4N5. The molecule has 1 N–H and O–H groups in total. The number of fused-ring (bicyclic) bond motifs is 1. The number of anilines is 1. The second-order valence-corrected chi connectivity index (χ2v) is 6.90. The molecule has 0 saturated heterocycles. The number of benzene rings is 1. The molecule has 4 rings (SSSR count). The Balaban J connectivity index is 2.03. The highest BCUT2D eigenvalue weighted by molar-refractivity contribution is 6.33. The predicted octanol–water partition coefficient (Wildman–Crippen LogP) is 5.01. The first kappa shape index (κ1) is 18.2. The topological polar surface area (TPSA) is 55.1 Å². The lowest BCUT2D eigenvalue weighted by Crippen LogP contribution is -2.19. The standard InChI is InChI=1S/C16H11Cl2F4N5/c17-9-12(21)10(19)7(11(20)13(9)22)8-14(18)26-16-23-5-24-27(16)15(8)25-6-3-1-2-4-6/h5-6,25H,1-4H2. The minimum absolute atomic E-state index is 0.0252. The van der Waals surface area contributed by atoms with Crippen molar-refractivity contribution in [2.75, 3.05) is 5.32 Å². The molecular weight excluding hydrogens is 409 g/mol. The van der Waals surface area contributed by atoms with Crippen LogP contribution in [-0.2, 0) is 0 Å².